The lowest BCUT2D eigenvalue weighted by molar-refractivity contribution is 0.0812. The van der Waals surface area contributed by atoms with Gasteiger partial charge >= 0.3 is 0 Å². The van der Waals surface area contributed by atoms with Crippen LogP contribution in [0.1, 0.15) is 28.2 Å². The zero-order valence-corrected chi connectivity index (χ0v) is 17.9. The van der Waals surface area contributed by atoms with Crippen LogP contribution in [0, 0.1) is 0 Å². The summed E-state index contributed by atoms with van der Waals surface area (Å²) in [6.07, 6.45) is 6.18. The molecule has 3 aromatic rings. The monoisotopic (exact) mass is 423 g/mol. The van der Waals surface area contributed by atoms with Gasteiger partial charge in [0.15, 0.2) is 11.5 Å². The minimum absolute atomic E-state index is 0.107. The van der Waals surface area contributed by atoms with Crippen molar-refractivity contribution in [2.75, 3.05) is 20.8 Å². The standard InChI is InChI=1S/C23H25N3O3S/c1-28-19-10-9-16(14-20(19)29-2)23(27)26(13-11-17-6-5-12-24-17)15-22-25-18-7-3-4-8-21(18)30-22/h3-4,7-11,13-14,17,24H,5-6,12,15H2,1-2H3/b13-11+/t17-/m0/s1. The molecule has 30 heavy (non-hydrogen) atoms. The maximum Gasteiger partial charge on any atom is 0.258 e. The molecule has 1 N–H and O–H groups in total. The van der Waals surface area contributed by atoms with Gasteiger partial charge in [0.1, 0.15) is 5.01 Å². The normalized spacial score (nSPS) is 16.3. The minimum Gasteiger partial charge on any atom is -0.493 e. The number of nitrogens with one attached hydrogen (secondary N) is 1. The van der Waals surface area contributed by atoms with Crippen LogP contribution in [0.4, 0.5) is 0 Å². The summed E-state index contributed by atoms with van der Waals surface area (Å²) < 4.78 is 11.8. The number of amides is 1. The molecule has 6 nitrogen and oxygen atoms in total. The van der Waals surface area contributed by atoms with Gasteiger partial charge in [-0.05, 0) is 49.7 Å². The van der Waals surface area contributed by atoms with E-state index >= 15 is 0 Å². The Bertz CT molecular complexity index is 1020. The van der Waals surface area contributed by atoms with Crippen molar-refractivity contribution in [2.45, 2.75) is 25.4 Å². The molecule has 4 rings (SSSR count). The van der Waals surface area contributed by atoms with Crippen molar-refractivity contribution in [3.8, 4) is 11.5 Å². The molecule has 1 saturated heterocycles. The summed E-state index contributed by atoms with van der Waals surface area (Å²) in [5.74, 6) is 1.02. The number of para-hydroxylation sites is 1. The first kappa shape index (κ1) is 20.4. The lowest BCUT2D eigenvalue weighted by Crippen LogP contribution is -2.27. The van der Waals surface area contributed by atoms with Gasteiger partial charge in [0.2, 0.25) is 0 Å². The topological polar surface area (TPSA) is 63.7 Å². The van der Waals surface area contributed by atoms with Crippen molar-refractivity contribution >= 4 is 27.5 Å². The number of hydrogen-bond acceptors (Lipinski definition) is 6. The Morgan fingerprint density at radius 3 is 2.80 bits per heavy atom. The number of thiazole rings is 1. The van der Waals surface area contributed by atoms with Crippen LogP contribution >= 0.6 is 11.3 Å². The van der Waals surface area contributed by atoms with Gasteiger partial charge in [-0.25, -0.2) is 4.98 Å². The largest absolute Gasteiger partial charge is 0.493 e. The Morgan fingerprint density at radius 1 is 1.23 bits per heavy atom. The van der Waals surface area contributed by atoms with Gasteiger partial charge in [0.25, 0.3) is 5.91 Å². The quantitative estimate of drug-likeness (QED) is 0.616. The SMILES string of the molecule is COc1ccc(C(=O)N(/C=C/[C@@H]2CCCN2)Cc2nc3ccccc3s2)cc1OC. The van der Waals surface area contributed by atoms with E-state index in [0.29, 0.717) is 29.6 Å². The predicted octanol–water partition coefficient (Wildman–Crippen LogP) is 4.22. The molecule has 7 heteroatoms. The third-order valence-electron chi connectivity index (χ3n) is 5.13. The number of nitrogens with zero attached hydrogens (tertiary/aromatic N) is 2. The second kappa shape index (κ2) is 9.28. The van der Waals surface area contributed by atoms with E-state index in [0.717, 1.165) is 34.6 Å². The van der Waals surface area contributed by atoms with E-state index in [9.17, 15) is 4.79 Å². The Labute approximate surface area is 180 Å². The van der Waals surface area contributed by atoms with Crippen LogP contribution in [0.2, 0.25) is 0 Å². The smallest absolute Gasteiger partial charge is 0.258 e. The second-order valence-corrected chi connectivity index (χ2v) is 8.24. The summed E-state index contributed by atoms with van der Waals surface area (Å²) in [5.41, 5.74) is 1.50. The fourth-order valence-corrected chi connectivity index (χ4v) is 4.51. The molecule has 2 aromatic carbocycles. The minimum atomic E-state index is -0.107. The number of methoxy groups -OCH3 is 2. The summed E-state index contributed by atoms with van der Waals surface area (Å²) in [6.45, 7) is 1.42. The highest BCUT2D eigenvalue weighted by molar-refractivity contribution is 7.18. The fraction of sp³-hybridized carbons (Fsp3) is 0.304. The molecule has 0 bridgehead atoms. The van der Waals surface area contributed by atoms with Crippen LogP contribution in [0.15, 0.2) is 54.7 Å². The molecule has 156 valence electrons. The van der Waals surface area contributed by atoms with Gasteiger partial charge in [-0.15, -0.1) is 11.3 Å². The molecule has 1 aliphatic heterocycles. The first-order chi connectivity index (χ1) is 14.7. The van der Waals surface area contributed by atoms with E-state index in [-0.39, 0.29) is 5.91 Å². The second-order valence-electron chi connectivity index (χ2n) is 7.12. The van der Waals surface area contributed by atoms with E-state index in [1.807, 2.05) is 24.4 Å². The Hall–Kier alpha value is -2.90. The molecular formula is C23H25N3O3S. The van der Waals surface area contributed by atoms with Gasteiger partial charge in [-0.2, -0.15) is 0 Å². The average Bonchev–Trinajstić information content (AvgIpc) is 3.44. The van der Waals surface area contributed by atoms with E-state index in [4.69, 9.17) is 14.5 Å². The van der Waals surface area contributed by atoms with Crippen LogP contribution < -0.4 is 14.8 Å². The Kier molecular flexibility index (Phi) is 6.30. The van der Waals surface area contributed by atoms with Gasteiger partial charge in [-0.3, -0.25) is 4.79 Å². The summed E-state index contributed by atoms with van der Waals surface area (Å²) >= 11 is 1.61. The maximum atomic E-state index is 13.4. The molecule has 1 atom stereocenters. The molecule has 0 unspecified atom stereocenters. The summed E-state index contributed by atoms with van der Waals surface area (Å²) in [7, 11) is 3.15. The first-order valence-electron chi connectivity index (χ1n) is 9.97. The molecule has 1 amide bonds. The summed E-state index contributed by atoms with van der Waals surface area (Å²) in [5, 5.41) is 4.33. The van der Waals surface area contributed by atoms with Crippen molar-refractivity contribution < 1.29 is 14.3 Å². The molecule has 0 aliphatic carbocycles. The van der Waals surface area contributed by atoms with E-state index in [2.05, 4.69) is 17.5 Å². The third kappa shape index (κ3) is 4.47. The average molecular weight is 424 g/mol. The van der Waals surface area contributed by atoms with Crippen LogP contribution in [-0.2, 0) is 6.54 Å². The molecule has 0 spiro atoms. The number of benzene rings is 2. The van der Waals surface area contributed by atoms with Crippen molar-refractivity contribution in [1.29, 1.82) is 0 Å². The highest BCUT2D eigenvalue weighted by Crippen LogP contribution is 2.29. The third-order valence-corrected chi connectivity index (χ3v) is 6.15. The maximum absolute atomic E-state index is 13.4. The molecule has 2 heterocycles. The van der Waals surface area contributed by atoms with Crippen LogP contribution in [0.25, 0.3) is 10.2 Å². The van der Waals surface area contributed by atoms with Crippen molar-refractivity contribution in [2.24, 2.45) is 0 Å². The molecule has 1 fully saturated rings. The van der Waals surface area contributed by atoms with Crippen molar-refractivity contribution in [3.05, 3.63) is 65.3 Å². The number of carbonyl (C=O) groups is 1. The summed E-state index contributed by atoms with van der Waals surface area (Å²) in [4.78, 5) is 19.8. The van der Waals surface area contributed by atoms with Crippen molar-refractivity contribution in [1.82, 2.24) is 15.2 Å². The first-order valence-corrected chi connectivity index (χ1v) is 10.8. The zero-order valence-electron chi connectivity index (χ0n) is 17.1. The molecule has 0 radical (unpaired) electrons. The lowest BCUT2D eigenvalue weighted by Gasteiger charge is -2.19. The van der Waals surface area contributed by atoms with Gasteiger partial charge in [0, 0.05) is 17.8 Å². The van der Waals surface area contributed by atoms with E-state index < -0.39 is 0 Å². The van der Waals surface area contributed by atoms with Gasteiger partial charge < -0.3 is 19.7 Å². The number of hydrogen-bond donors (Lipinski definition) is 1. The molecular weight excluding hydrogens is 398 g/mol. The highest BCUT2D eigenvalue weighted by Gasteiger charge is 2.19. The summed E-state index contributed by atoms with van der Waals surface area (Å²) in [6, 6.07) is 13.5. The molecule has 0 saturated carbocycles. The number of aromatic nitrogens is 1. The van der Waals surface area contributed by atoms with Gasteiger partial charge in [-0.1, -0.05) is 18.2 Å². The highest BCUT2D eigenvalue weighted by atomic mass is 32.1. The van der Waals surface area contributed by atoms with E-state index in [1.54, 1.807) is 48.7 Å². The fourth-order valence-electron chi connectivity index (χ4n) is 3.54. The van der Waals surface area contributed by atoms with Crippen molar-refractivity contribution in [3.63, 3.8) is 0 Å². The van der Waals surface area contributed by atoms with Crippen LogP contribution in [0.3, 0.4) is 0 Å². The number of carbonyl (C=O) groups excluding carboxylic acids is 1. The van der Waals surface area contributed by atoms with Gasteiger partial charge in [0.05, 0.1) is 31.0 Å². The number of ether oxygens (including phenoxy) is 2. The lowest BCUT2D eigenvalue weighted by atomic mass is 10.1. The number of fused-ring (bicyclic) bond motifs is 1. The zero-order chi connectivity index (χ0) is 20.9. The Balaban J connectivity index is 1.62. The molecule has 1 aromatic heterocycles. The predicted molar refractivity (Wildman–Crippen MR) is 119 cm³/mol. The molecule has 1 aliphatic rings. The van der Waals surface area contributed by atoms with E-state index in [1.165, 1.54) is 0 Å². The van der Waals surface area contributed by atoms with Crippen LogP contribution in [0.5, 0.6) is 11.5 Å². The Morgan fingerprint density at radius 2 is 2.07 bits per heavy atom. The number of rotatable bonds is 7. The van der Waals surface area contributed by atoms with Crippen LogP contribution in [-0.4, -0.2) is 42.6 Å².